The molecule has 3 heterocycles. The number of aromatic nitrogens is 4. The van der Waals surface area contributed by atoms with Crippen molar-refractivity contribution in [2.75, 3.05) is 5.32 Å². The quantitative estimate of drug-likeness (QED) is 0.438. The maximum Gasteiger partial charge on any atom is 0.277 e. The Hall–Kier alpha value is -4.00. The minimum absolute atomic E-state index is 0.268. The number of benzene rings is 1. The number of hydrogen-bond donors (Lipinski definition) is 1. The standard InChI is InChI=1S/C26H25N5O2/c32-26(29-25-23(12-7-15-28-25)33-18-19-13-16-27-17-14-19)24-21-10-5-2-6-11-22(21)31(30-24)20-8-3-1-4-9-20/h1,3-4,7-9,12-17H,2,5-6,10-11,18H2,(H,28,29,32). The first-order chi connectivity index (χ1) is 16.3. The van der Waals surface area contributed by atoms with Crippen molar-refractivity contribution in [3.8, 4) is 11.4 Å². The molecule has 5 rings (SSSR count). The zero-order chi connectivity index (χ0) is 22.5. The lowest BCUT2D eigenvalue weighted by molar-refractivity contribution is 0.102. The smallest absolute Gasteiger partial charge is 0.277 e. The van der Waals surface area contributed by atoms with Crippen molar-refractivity contribution in [3.63, 3.8) is 0 Å². The fraction of sp³-hybridized carbons (Fsp3) is 0.231. The largest absolute Gasteiger partial charge is 0.485 e. The highest BCUT2D eigenvalue weighted by molar-refractivity contribution is 6.04. The third-order valence-electron chi connectivity index (χ3n) is 5.79. The fourth-order valence-electron chi connectivity index (χ4n) is 4.15. The molecule has 0 unspecified atom stereocenters. The van der Waals surface area contributed by atoms with Crippen LogP contribution in [0.4, 0.5) is 5.82 Å². The minimum Gasteiger partial charge on any atom is -0.485 e. The van der Waals surface area contributed by atoms with E-state index in [1.54, 1.807) is 30.7 Å². The summed E-state index contributed by atoms with van der Waals surface area (Å²) in [4.78, 5) is 21.7. The van der Waals surface area contributed by atoms with Crippen LogP contribution in [0.1, 0.15) is 46.6 Å². The van der Waals surface area contributed by atoms with E-state index >= 15 is 0 Å². The second-order valence-electron chi connectivity index (χ2n) is 8.03. The molecule has 1 N–H and O–H groups in total. The predicted molar refractivity (Wildman–Crippen MR) is 126 cm³/mol. The highest BCUT2D eigenvalue weighted by atomic mass is 16.5. The molecule has 0 fully saturated rings. The van der Waals surface area contributed by atoms with Crippen molar-refractivity contribution in [3.05, 3.63) is 95.7 Å². The molecule has 0 aliphatic heterocycles. The minimum atomic E-state index is -0.268. The lowest BCUT2D eigenvalue weighted by Gasteiger charge is -2.11. The summed E-state index contributed by atoms with van der Waals surface area (Å²) in [6, 6.07) is 17.3. The summed E-state index contributed by atoms with van der Waals surface area (Å²) in [5.74, 6) is 0.625. The van der Waals surface area contributed by atoms with Crippen LogP contribution >= 0.6 is 0 Å². The number of hydrogen-bond acceptors (Lipinski definition) is 5. The maximum atomic E-state index is 13.4. The van der Waals surface area contributed by atoms with Crippen molar-refractivity contribution in [2.24, 2.45) is 0 Å². The Labute approximate surface area is 192 Å². The lowest BCUT2D eigenvalue weighted by Crippen LogP contribution is -2.16. The number of anilines is 1. The van der Waals surface area contributed by atoms with Crippen LogP contribution in [-0.4, -0.2) is 25.7 Å². The van der Waals surface area contributed by atoms with Gasteiger partial charge in [-0.2, -0.15) is 5.10 Å². The Morgan fingerprint density at radius 1 is 0.939 bits per heavy atom. The Balaban J connectivity index is 1.42. The number of nitrogens with one attached hydrogen (secondary N) is 1. The monoisotopic (exact) mass is 439 g/mol. The van der Waals surface area contributed by atoms with E-state index in [1.165, 1.54) is 0 Å². The Bertz CT molecular complexity index is 1240. The van der Waals surface area contributed by atoms with Crippen LogP contribution in [0.5, 0.6) is 5.75 Å². The molecule has 0 bridgehead atoms. The lowest BCUT2D eigenvalue weighted by atomic mass is 10.1. The van der Waals surface area contributed by atoms with Crippen molar-refractivity contribution >= 4 is 11.7 Å². The van der Waals surface area contributed by atoms with E-state index < -0.39 is 0 Å². The first-order valence-corrected chi connectivity index (χ1v) is 11.2. The zero-order valence-electron chi connectivity index (χ0n) is 18.3. The van der Waals surface area contributed by atoms with Crippen molar-refractivity contribution in [1.29, 1.82) is 0 Å². The highest BCUT2D eigenvalue weighted by Gasteiger charge is 2.25. The summed E-state index contributed by atoms with van der Waals surface area (Å²) >= 11 is 0. The third kappa shape index (κ3) is 4.62. The molecule has 1 aliphatic carbocycles. The SMILES string of the molecule is O=C(Nc1ncccc1OCc1ccncc1)c1nn(-c2ccccc2)c2c1CCCCC2. The van der Waals surface area contributed by atoms with E-state index in [0.29, 0.717) is 23.9 Å². The molecule has 1 amide bonds. The van der Waals surface area contributed by atoms with E-state index in [2.05, 4.69) is 15.3 Å². The number of carbonyl (C=O) groups is 1. The van der Waals surface area contributed by atoms with Crippen molar-refractivity contribution < 1.29 is 9.53 Å². The highest BCUT2D eigenvalue weighted by Crippen LogP contribution is 2.28. The maximum absolute atomic E-state index is 13.4. The van der Waals surface area contributed by atoms with Crippen molar-refractivity contribution in [1.82, 2.24) is 19.7 Å². The molecule has 33 heavy (non-hydrogen) atoms. The van der Waals surface area contributed by atoms with Crippen LogP contribution < -0.4 is 10.1 Å². The summed E-state index contributed by atoms with van der Waals surface area (Å²) in [7, 11) is 0. The van der Waals surface area contributed by atoms with E-state index in [9.17, 15) is 4.79 Å². The van der Waals surface area contributed by atoms with E-state index in [4.69, 9.17) is 9.84 Å². The van der Waals surface area contributed by atoms with Gasteiger partial charge in [-0.3, -0.25) is 9.78 Å². The molecule has 0 saturated carbocycles. The number of para-hydroxylation sites is 1. The summed E-state index contributed by atoms with van der Waals surface area (Å²) in [5, 5.41) is 7.69. The van der Waals surface area contributed by atoms with Crippen LogP contribution in [0.25, 0.3) is 5.69 Å². The van der Waals surface area contributed by atoms with Gasteiger partial charge in [0.2, 0.25) is 0 Å². The molecular weight excluding hydrogens is 414 g/mol. The summed E-state index contributed by atoms with van der Waals surface area (Å²) in [5.41, 5.74) is 4.57. The van der Waals surface area contributed by atoms with E-state index in [1.807, 2.05) is 47.1 Å². The fourth-order valence-corrected chi connectivity index (χ4v) is 4.15. The van der Waals surface area contributed by atoms with Gasteiger partial charge < -0.3 is 10.1 Å². The molecule has 0 saturated heterocycles. The number of ether oxygens (including phenoxy) is 1. The van der Waals surface area contributed by atoms with Gasteiger partial charge in [-0.1, -0.05) is 24.6 Å². The molecular formula is C26H25N5O2. The zero-order valence-corrected chi connectivity index (χ0v) is 18.3. The molecule has 1 aliphatic rings. The first kappa shape index (κ1) is 20.9. The van der Waals surface area contributed by atoms with Gasteiger partial charge in [0.1, 0.15) is 6.61 Å². The number of pyridine rings is 2. The Morgan fingerprint density at radius 3 is 2.61 bits per heavy atom. The van der Waals surface area contributed by atoms with Gasteiger partial charge in [-0.25, -0.2) is 9.67 Å². The molecule has 7 heteroatoms. The molecule has 0 atom stereocenters. The van der Waals surface area contributed by atoms with Crippen LogP contribution in [0, 0.1) is 0 Å². The molecule has 166 valence electrons. The molecule has 0 spiro atoms. The third-order valence-corrected chi connectivity index (χ3v) is 5.79. The molecule has 7 nitrogen and oxygen atoms in total. The second kappa shape index (κ2) is 9.65. The number of nitrogens with zero attached hydrogens (tertiary/aromatic N) is 4. The molecule has 1 aromatic carbocycles. The van der Waals surface area contributed by atoms with Gasteiger partial charge in [0.15, 0.2) is 17.3 Å². The van der Waals surface area contributed by atoms with E-state index in [0.717, 1.165) is 54.6 Å². The number of fused-ring (bicyclic) bond motifs is 1. The molecule has 3 aromatic heterocycles. The molecule has 4 aromatic rings. The number of amides is 1. The summed E-state index contributed by atoms with van der Waals surface area (Å²) < 4.78 is 7.86. The summed E-state index contributed by atoms with van der Waals surface area (Å²) in [6.07, 6.45) is 10.1. The van der Waals surface area contributed by atoms with Crippen LogP contribution in [-0.2, 0) is 19.4 Å². The van der Waals surface area contributed by atoms with Gasteiger partial charge in [0, 0.05) is 29.8 Å². The predicted octanol–water partition coefficient (Wildman–Crippen LogP) is 4.76. The van der Waals surface area contributed by atoms with Crippen LogP contribution in [0.15, 0.2) is 73.2 Å². The van der Waals surface area contributed by atoms with Gasteiger partial charge >= 0.3 is 0 Å². The van der Waals surface area contributed by atoms with Gasteiger partial charge in [-0.15, -0.1) is 0 Å². The molecule has 0 radical (unpaired) electrons. The first-order valence-electron chi connectivity index (χ1n) is 11.2. The normalized spacial score (nSPS) is 13.1. The van der Waals surface area contributed by atoms with Crippen LogP contribution in [0.3, 0.4) is 0 Å². The van der Waals surface area contributed by atoms with Gasteiger partial charge in [0.25, 0.3) is 5.91 Å². The van der Waals surface area contributed by atoms with Crippen LogP contribution in [0.2, 0.25) is 0 Å². The van der Waals surface area contributed by atoms with Gasteiger partial charge in [-0.05, 0) is 67.6 Å². The van der Waals surface area contributed by atoms with Gasteiger partial charge in [0.05, 0.1) is 5.69 Å². The second-order valence-corrected chi connectivity index (χ2v) is 8.03. The van der Waals surface area contributed by atoms with Crippen molar-refractivity contribution in [2.45, 2.75) is 38.7 Å². The number of rotatable bonds is 6. The average molecular weight is 440 g/mol. The Kier molecular flexibility index (Phi) is 6.10. The summed E-state index contributed by atoms with van der Waals surface area (Å²) in [6.45, 7) is 0.356. The van der Waals surface area contributed by atoms with E-state index in [-0.39, 0.29) is 5.91 Å². The Morgan fingerprint density at radius 2 is 1.76 bits per heavy atom. The number of carbonyl (C=O) groups excluding carboxylic acids is 1. The topological polar surface area (TPSA) is 81.9 Å². The average Bonchev–Trinajstić information content (AvgIpc) is 3.05.